The molecule has 1 saturated heterocycles. The molecule has 7 heteroatoms. The van der Waals surface area contributed by atoms with Crippen LogP contribution in [0.2, 0.25) is 0 Å². The van der Waals surface area contributed by atoms with Crippen LogP contribution in [-0.2, 0) is 17.8 Å². The zero-order valence-electron chi connectivity index (χ0n) is 17.4. The van der Waals surface area contributed by atoms with Crippen molar-refractivity contribution < 1.29 is 9.47 Å². The highest BCUT2D eigenvalue weighted by atomic mass is 127. The number of nitrogens with zero attached hydrogens (tertiary/aromatic N) is 2. The monoisotopic (exact) mass is 510 g/mol. The molecule has 0 bridgehead atoms. The molecular weight excluding hydrogens is 479 g/mol. The molecule has 158 valence electrons. The molecule has 1 aliphatic heterocycles. The molecule has 2 heterocycles. The van der Waals surface area contributed by atoms with Crippen LogP contribution in [0.1, 0.15) is 35.7 Å². The lowest BCUT2D eigenvalue weighted by Gasteiger charge is -2.16. The first-order valence-corrected chi connectivity index (χ1v) is 9.92. The molecule has 1 atom stereocenters. The predicted molar refractivity (Wildman–Crippen MR) is 127 cm³/mol. The maximum atomic E-state index is 6.18. The van der Waals surface area contributed by atoms with Gasteiger partial charge in [-0.25, -0.2) is 4.99 Å². The molecule has 1 aromatic heterocycles. The normalized spacial score (nSPS) is 16.2. The van der Waals surface area contributed by atoms with Gasteiger partial charge in [0.05, 0.1) is 32.0 Å². The molecule has 1 unspecified atom stereocenters. The zero-order chi connectivity index (χ0) is 19.8. The van der Waals surface area contributed by atoms with Crippen molar-refractivity contribution in [2.75, 3.05) is 19.8 Å². The van der Waals surface area contributed by atoms with Crippen LogP contribution in [0.15, 0.2) is 41.5 Å². The summed E-state index contributed by atoms with van der Waals surface area (Å²) in [7, 11) is 0. The SMILES string of the molecule is CCNC(=NCc1ccc(C)cc1OC1CCOC1)NCc1ncccc1C.I. The summed E-state index contributed by atoms with van der Waals surface area (Å²) in [4.78, 5) is 9.18. The van der Waals surface area contributed by atoms with E-state index in [2.05, 4.69) is 60.7 Å². The number of aryl methyl sites for hydroxylation is 2. The summed E-state index contributed by atoms with van der Waals surface area (Å²) >= 11 is 0. The number of hydrogen-bond acceptors (Lipinski definition) is 4. The fourth-order valence-electron chi connectivity index (χ4n) is 3.06. The highest BCUT2D eigenvalue weighted by molar-refractivity contribution is 14.0. The summed E-state index contributed by atoms with van der Waals surface area (Å²) in [6, 6.07) is 10.3. The Morgan fingerprint density at radius 1 is 1.28 bits per heavy atom. The highest BCUT2D eigenvalue weighted by Gasteiger charge is 2.18. The number of benzene rings is 1. The van der Waals surface area contributed by atoms with Crippen molar-refractivity contribution in [3.05, 3.63) is 58.9 Å². The van der Waals surface area contributed by atoms with Crippen LogP contribution in [0.4, 0.5) is 0 Å². The van der Waals surface area contributed by atoms with Gasteiger partial charge in [-0.2, -0.15) is 0 Å². The van der Waals surface area contributed by atoms with Gasteiger partial charge in [-0.3, -0.25) is 4.98 Å². The Morgan fingerprint density at radius 2 is 2.14 bits per heavy atom. The Bertz CT molecular complexity index is 807. The number of ether oxygens (including phenoxy) is 2. The first-order valence-electron chi connectivity index (χ1n) is 9.92. The quantitative estimate of drug-likeness (QED) is 0.338. The summed E-state index contributed by atoms with van der Waals surface area (Å²) in [6.07, 6.45) is 2.88. The Labute approximate surface area is 190 Å². The van der Waals surface area contributed by atoms with E-state index in [9.17, 15) is 0 Å². The molecule has 6 nitrogen and oxygen atoms in total. The number of halogens is 1. The number of guanidine groups is 1. The number of rotatable bonds is 7. The fourth-order valence-corrected chi connectivity index (χ4v) is 3.06. The third kappa shape index (κ3) is 7.15. The summed E-state index contributed by atoms with van der Waals surface area (Å²) in [5.74, 6) is 1.67. The Balaban J connectivity index is 0.00000300. The molecule has 0 saturated carbocycles. The van der Waals surface area contributed by atoms with Crippen LogP contribution in [0, 0.1) is 13.8 Å². The molecule has 0 radical (unpaired) electrons. The third-order valence-corrected chi connectivity index (χ3v) is 4.70. The maximum Gasteiger partial charge on any atom is 0.191 e. The van der Waals surface area contributed by atoms with E-state index in [1.165, 1.54) is 11.1 Å². The Hall–Kier alpha value is -1.87. The minimum absolute atomic E-state index is 0. The van der Waals surface area contributed by atoms with E-state index in [0.717, 1.165) is 42.5 Å². The Kier molecular flexibility index (Phi) is 9.66. The van der Waals surface area contributed by atoms with Crippen LogP contribution in [0.25, 0.3) is 0 Å². The van der Waals surface area contributed by atoms with Crippen LogP contribution in [0.5, 0.6) is 5.75 Å². The van der Waals surface area contributed by atoms with E-state index in [1.54, 1.807) is 0 Å². The van der Waals surface area contributed by atoms with Gasteiger partial charge in [-0.1, -0.05) is 18.2 Å². The first-order chi connectivity index (χ1) is 13.7. The van der Waals surface area contributed by atoms with E-state index in [0.29, 0.717) is 19.7 Å². The molecule has 29 heavy (non-hydrogen) atoms. The van der Waals surface area contributed by atoms with Gasteiger partial charge in [-0.15, -0.1) is 24.0 Å². The van der Waals surface area contributed by atoms with Crippen molar-refractivity contribution in [1.29, 1.82) is 0 Å². The second kappa shape index (κ2) is 12.0. The number of hydrogen-bond donors (Lipinski definition) is 2. The topological polar surface area (TPSA) is 67.8 Å². The number of aromatic nitrogens is 1. The third-order valence-electron chi connectivity index (χ3n) is 4.70. The van der Waals surface area contributed by atoms with E-state index in [4.69, 9.17) is 14.5 Å². The van der Waals surface area contributed by atoms with E-state index >= 15 is 0 Å². The van der Waals surface area contributed by atoms with Crippen LogP contribution < -0.4 is 15.4 Å². The summed E-state index contributed by atoms with van der Waals surface area (Å²) in [6.45, 7) is 9.60. The molecule has 0 spiro atoms. The summed E-state index contributed by atoms with van der Waals surface area (Å²) in [5.41, 5.74) is 4.44. The van der Waals surface area contributed by atoms with Crippen LogP contribution in [-0.4, -0.2) is 36.8 Å². The molecule has 1 aliphatic rings. The second-order valence-corrected chi connectivity index (χ2v) is 7.03. The van der Waals surface area contributed by atoms with Crippen molar-refractivity contribution in [3.8, 4) is 5.75 Å². The van der Waals surface area contributed by atoms with Crippen LogP contribution in [0.3, 0.4) is 0 Å². The average Bonchev–Trinajstić information content (AvgIpc) is 3.19. The summed E-state index contributed by atoms with van der Waals surface area (Å²) < 4.78 is 11.6. The Morgan fingerprint density at radius 3 is 2.86 bits per heavy atom. The fraction of sp³-hybridized carbons (Fsp3) is 0.455. The van der Waals surface area contributed by atoms with Crippen molar-refractivity contribution in [1.82, 2.24) is 15.6 Å². The van der Waals surface area contributed by atoms with Gasteiger partial charge in [-0.05, 0) is 44.0 Å². The minimum atomic E-state index is 0. The van der Waals surface area contributed by atoms with Gasteiger partial charge in [0.25, 0.3) is 0 Å². The number of nitrogens with one attached hydrogen (secondary N) is 2. The molecule has 1 fully saturated rings. The first kappa shape index (κ1) is 23.4. The number of pyridine rings is 1. The van der Waals surface area contributed by atoms with Gasteiger partial charge in [0.15, 0.2) is 5.96 Å². The van der Waals surface area contributed by atoms with E-state index in [1.807, 2.05) is 12.3 Å². The molecular formula is C22H31IN4O2. The van der Waals surface area contributed by atoms with Gasteiger partial charge in [0.2, 0.25) is 0 Å². The largest absolute Gasteiger partial charge is 0.488 e. The number of aliphatic imine (C=N–C) groups is 1. The molecule has 3 rings (SSSR count). The minimum Gasteiger partial charge on any atom is -0.488 e. The van der Waals surface area contributed by atoms with Crippen LogP contribution >= 0.6 is 24.0 Å². The van der Waals surface area contributed by atoms with E-state index in [-0.39, 0.29) is 30.1 Å². The highest BCUT2D eigenvalue weighted by Crippen LogP contribution is 2.24. The van der Waals surface area contributed by atoms with Gasteiger partial charge < -0.3 is 20.1 Å². The average molecular weight is 510 g/mol. The second-order valence-electron chi connectivity index (χ2n) is 7.03. The standard InChI is InChI=1S/C22H30N4O2.HI/c1-4-23-22(26-14-20-17(3)6-5-10-24-20)25-13-18-8-7-16(2)12-21(18)28-19-9-11-27-15-19;/h5-8,10,12,19H,4,9,11,13-15H2,1-3H3,(H2,23,25,26);1H. The van der Waals surface area contributed by atoms with Crippen molar-refractivity contribution >= 4 is 29.9 Å². The maximum absolute atomic E-state index is 6.18. The van der Waals surface area contributed by atoms with E-state index < -0.39 is 0 Å². The van der Waals surface area contributed by atoms with Crippen molar-refractivity contribution in [3.63, 3.8) is 0 Å². The smallest absolute Gasteiger partial charge is 0.191 e. The summed E-state index contributed by atoms with van der Waals surface area (Å²) in [5, 5.41) is 6.66. The molecule has 0 aliphatic carbocycles. The molecule has 2 aromatic rings. The lowest BCUT2D eigenvalue weighted by atomic mass is 10.1. The van der Waals surface area contributed by atoms with Crippen molar-refractivity contribution in [2.45, 2.75) is 46.4 Å². The van der Waals surface area contributed by atoms with Gasteiger partial charge >= 0.3 is 0 Å². The van der Waals surface area contributed by atoms with Gasteiger partial charge in [0.1, 0.15) is 11.9 Å². The predicted octanol–water partition coefficient (Wildman–Crippen LogP) is 3.74. The lowest BCUT2D eigenvalue weighted by molar-refractivity contribution is 0.140. The zero-order valence-corrected chi connectivity index (χ0v) is 19.7. The molecule has 2 N–H and O–H groups in total. The lowest BCUT2D eigenvalue weighted by Crippen LogP contribution is -2.37. The molecule has 1 aromatic carbocycles. The molecule has 0 amide bonds. The van der Waals surface area contributed by atoms with Crippen molar-refractivity contribution in [2.24, 2.45) is 4.99 Å². The van der Waals surface area contributed by atoms with Gasteiger partial charge in [0, 0.05) is 24.7 Å².